The van der Waals surface area contributed by atoms with Gasteiger partial charge in [-0.15, -0.1) is 0 Å². The molecule has 0 amide bonds. The first-order chi connectivity index (χ1) is 36.1. The highest BCUT2D eigenvalue weighted by atomic mass is 16.5. The minimum absolute atomic E-state index is 0.0787. The fraction of sp³-hybridized carbons (Fsp3) is 0.723. The molecular formula is C65H85NO9. The minimum atomic E-state index is -2.24. The van der Waals surface area contributed by atoms with E-state index in [1.165, 1.54) is 18.4 Å². The summed E-state index contributed by atoms with van der Waals surface area (Å²) >= 11 is 0. The summed E-state index contributed by atoms with van der Waals surface area (Å²) in [7, 11) is 1.94. The van der Waals surface area contributed by atoms with Gasteiger partial charge in [-0.2, -0.15) is 0 Å². The highest BCUT2D eigenvalue weighted by Gasteiger charge is 2.87. The molecule has 404 valence electrons. The van der Waals surface area contributed by atoms with Gasteiger partial charge >= 0.3 is 5.97 Å². The van der Waals surface area contributed by atoms with Crippen LogP contribution in [0.5, 0.6) is 0 Å². The van der Waals surface area contributed by atoms with E-state index in [-0.39, 0.29) is 61.5 Å². The first kappa shape index (κ1) is 51.1. The summed E-state index contributed by atoms with van der Waals surface area (Å²) in [6, 6.07) is 16.3. The standard InChI is InChI=1S/C65H85NO9/c1-39(42-13-6-7-14-42)44-19-20-50-57(70)60(27-21-41(33-60)18-17-40-11-4-3-5-12-40)37-62(38-68)53-23-28-61-36-59(24-8-9-25-59)26-22-43-15-10-16-45(35-67)47(43)31-52(66-2)48-29-46(55(61)49-32-54(69)75-56(48)49)34-63(61,72)65(53,74)58(71)51(30-44)64(50,62)73/h3-5,10-12,15-16,32,38-39,41-42,44,46,48,50-53,55-58,66-67,70-74H,6-9,13-14,17-21,23-25,27-31,33-37H2,1-2H3. The summed E-state index contributed by atoms with van der Waals surface area (Å²) in [6.07, 6.45) is 16.3. The van der Waals surface area contributed by atoms with Crippen molar-refractivity contribution >= 4 is 12.3 Å². The molecule has 11 aliphatic carbocycles. The van der Waals surface area contributed by atoms with Gasteiger partial charge in [-0.05, 0) is 185 Å². The monoisotopic (exact) mass is 1020 g/mol. The lowest BCUT2D eigenvalue weighted by atomic mass is 9.32. The van der Waals surface area contributed by atoms with Gasteiger partial charge < -0.3 is 45.5 Å². The van der Waals surface area contributed by atoms with Gasteiger partial charge in [-0.25, -0.2) is 4.79 Å². The fourth-order valence-corrected chi connectivity index (χ4v) is 21.9. The summed E-state index contributed by atoms with van der Waals surface area (Å²) in [6.45, 7) is 2.22. The van der Waals surface area contributed by atoms with E-state index in [9.17, 15) is 30.3 Å². The molecule has 3 spiro atoms. The topological polar surface area (TPSA) is 177 Å². The third-order valence-corrected chi connectivity index (χ3v) is 25.0. The third kappa shape index (κ3) is 7.08. The molecule has 75 heavy (non-hydrogen) atoms. The van der Waals surface area contributed by atoms with E-state index in [2.05, 4.69) is 48.3 Å². The van der Waals surface area contributed by atoms with E-state index in [0.29, 0.717) is 50.4 Å². The van der Waals surface area contributed by atoms with Gasteiger partial charge in [0.15, 0.2) is 0 Å². The third-order valence-electron chi connectivity index (χ3n) is 25.0. The van der Waals surface area contributed by atoms with Gasteiger partial charge in [0.1, 0.15) is 23.6 Å². The van der Waals surface area contributed by atoms with Crippen molar-refractivity contribution in [1.29, 1.82) is 0 Å². The number of carbonyl (C=O) groups is 2. The number of hydrogen-bond donors (Lipinski definition) is 7. The van der Waals surface area contributed by atoms with Gasteiger partial charge in [-0.3, -0.25) is 0 Å². The van der Waals surface area contributed by atoms with Crippen LogP contribution in [-0.4, -0.2) is 91.1 Å². The molecule has 0 saturated heterocycles. The smallest absolute Gasteiger partial charge is 0.331 e. The molecule has 1 heterocycles. The highest BCUT2D eigenvalue weighted by molar-refractivity contribution is 5.86. The molecule has 14 rings (SSSR count). The molecular weight excluding hydrogens is 939 g/mol. The summed E-state index contributed by atoms with van der Waals surface area (Å²) in [5, 5.41) is 86.2. The van der Waals surface area contributed by atoms with Crippen molar-refractivity contribution in [3.8, 4) is 11.8 Å². The Morgan fingerprint density at radius 1 is 0.827 bits per heavy atom. The average Bonchev–Trinajstić information content (AvgIpc) is 4.33. The van der Waals surface area contributed by atoms with Crippen molar-refractivity contribution < 1.29 is 45.0 Å². The lowest BCUT2D eigenvalue weighted by molar-refractivity contribution is -0.385. The number of likely N-dealkylation sites (N-methyl/N-ethyl adjacent to an activating group) is 1. The number of nitrogens with one attached hydrogen (secondary N) is 1. The molecule has 19 atom stereocenters. The molecule has 9 fully saturated rings. The molecule has 10 nitrogen and oxygen atoms in total. The second kappa shape index (κ2) is 18.3. The maximum absolute atomic E-state index is 15.3. The minimum Gasteiger partial charge on any atom is -0.454 e. The van der Waals surface area contributed by atoms with Crippen LogP contribution in [0.4, 0.5) is 0 Å². The number of aliphatic hydroxyl groups is 6. The summed E-state index contributed by atoms with van der Waals surface area (Å²) < 4.78 is 6.44. The Balaban J connectivity index is 0.991. The first-order valence-electron chi connectivity index (χ1n) is 30.0. The van der Waals surface area contributed by atoms with Crippen molar-refractivity contribution in [3.63, 3.8) is 0 Å². The molecule has 7 N–H and O–H groups in total. The number of aliphatic hydroxyl groups excluding tert-OH is 3. The Morgan fingerprint density at radius 3 is 2.36 bits per heavy atom. The Morgan fingerprint density at radius 2 is 1.61 bits per heavy atom. The predicted molar refractivity (Wildman–Crippen MR) is 284 cm³/mol. The van der Waals surface area contributed by atoms with Crippen LogP contribution in [0.1, 0.15) is 164 Å². The lowest BCUT2D eigenvalue weighted by Crippen LogP contribution is -2.86. The quantitative estimate of drug-likeness (QED) is 0.0774. The molecule has 19 unspecified atom stereocenters. The van der Waals surface area contributed by atoms with Crippen LogP contribution in [0.15, 0.2) is 60.2 Å². The second-order valence-electron chi connectivity index (χ2n) is 27.6. The van der Waals surface area contributed by atoms with Crippen LogP contribution in [0, 0.1) is 92.7 Å². The number of carbonyl (C=O) groups excluding carboxylic acids is 2. The summed E-state index contributed by atoms with van der Waals surface area (Å²) in [5.41, 5.74) is -5.14. The van der Waals surface area contributed by atoms with E-state index < -0.39 is 80.5 Å². The van der Waals surface area contributed by atoms with Gasteiger partial charge in [0.05, 0.1) is 29.8 Å². The normalized spacial score (nSPS) is 46.6. The zero-order valence-electron chi connectivity index (χ0n) is 44.7. The second-order valence-corrected chi connectivity index (χ2v) is 27.6. The number of esters is 1. The fourth-order valence-electron chi connectivity index (χ4n) is 21.9. The molecule has 4 bridgehead atoms. The Labute approximate surface area is 445 Å². The molecule has 2 aromatic rings. The number of fused-ring (bicyclic) bond motifs is 4. The van der Waals surface area contributed by atoms with E-state index in [1.807, 2.05) is 31.3 Å². The number of aryl methyl sites for hydroxylation is 1. The zero-order chi connectivity index (χ0) is 51.9. The largest absolute Gasteiger partial charge is 0.454 e. The Kier molecular flexibility index (Phi) is 12.5. The van der Waals surface area contributed by atoms with Crippen LogP contribution in [-0.2, 0) is 33.8 Å². The van der Waals surface area contributed by atoms with Crippen molar-refractivity contribution in [3.05, 3.63) is 82.4 Å². The predicted octanol–water partition coefficient (Wildman–Crippen LogP) is 8.33. The van der Waals surface area contributed by atoms with Gasteiger partial charge in [0.25, 0.3) is 0 Å². The van der Waals surface area contributed by atoms with Crippen LogP contribution in [0.25, 0.3) is 0 Å². The molecule has 10 heteroatoms. The van der Waals surface area contributed by atoms with Crippen LogP contribution < -0.4 is 5.32 Å². The highest BCUT2D eigenvalue weighted by Crippen LogP contribution is 2.80. The van der Waals surface area contributed by atoms with Crippen molar-refractivity contribution in [2.75, 3.05) is 7.05 Å². The number of aldehydes is 1. The SMILES string of the molecule is CNC1Cc2c(cccc2CO)C#CC2(CCCC2)CC23CCC4C5(C=O)CC6(CCC(CCc7ccccc7)C6)C(O)C6CCC(C(C)C7CCCC7)CC(C(O)C4(O)C2(O)CC2CC1C1OC(=O)C=C1C23)C65O. The maximum atomic E-state index is 15.3. The number of rotatable bonds is 8. The molecule has 0 aromatic heterocycles. The lowest BCUT2D eigenvalue weighted by Gasteiger charge is -2.75. The van der Waals surface area contributed by atoms with Crippen molar-refractivity contribution in [2.24, 2.45) is 80.8 Å². The average molecular weight is 1020 g/mol. The molecule has 1 aliphatic heterocycles. The first-order valence-corrected chi connectivity index (χ1v) is 30.0. The van der Waals surface area contributed by atoms with Crippen LogP contribution in [0.3, 0.4) is 0 Å². The number of benzene rings is 2. The molecule has 0 radical (unpaired) electrons. The van der Waals surface area contributed by atoms with Gasteiger partial charge in [0.2, 0.25) is 0 Å². The Bertz CT molecular complexity index is 2650. The molecule has 12 aliphatic rings. The number of hydrogen-bond acceptors (Lipinski definition) is 10. The van der Waals surface area contributed by atoms with Crippen LogP contribution >= 0.6 is 0 Å². The van der Waals surface area contributed by atoms with Crippen LogP contribution in [0.2, 0.25) is 0 Å². The summed E-state index contributed by atoms with van der Waals surface area (Å²) in [5.74, 6) is 4.89. The molecule has 2 aromatic carbocycles. The van der Waals surface area contributed by atoms with E-state index in [4.69, 9.17) is 4.74 Å². The summed E-state index contributed by atoms with van der Waals surface area (Å²) in [4.78, 5) is 29.2. The van der Waals surface area contributed by atoms with Crippen molar-refractivity contribution in [1.82, 2.24) is 5.32 Å². The Hall–Kier alpha value is -3.40. The van der Waals surface area contributed by atoms with Crippen molar-refractivity contribution in [2.45, 2.75) is 202 Å². The zero-order valence-corrected chi connectivity index (χ0v) is 44.7. The number of ether oxygens (including phenoxy) is 1. The van der Waals surface area contributed by atoms with E-state index in [1.54, 1.807) is 6.08 Å². The molecule has 9 saturated carbocycles. The van der Waals surface area contributed by atoms with Gasteiger partial charge in [0, 0.05) is 52.2 Å². The maximum Gasteiger partial charge on any atom is 0.331 e. The van der Waals surface area contributed by atoms with E-state index >= 15 is 9.90 Å². The van der Waals surface area contributed by atoms with Gasteiger partial charge in [-0.1, -0.05) is 99.8 Å². The van der Waals surface area contributed by atoms with E-state index in [0.717, 1.165) is 106 Å².